The van der Waals surface area contributed by atoms with Gasteiger partial charge in [0.15, 0.2) is 0 Å². The number of imidazole rings is 1. The highest BCUT2D eigenvalue weighted by Crippen LogP contribution is 2.33. The average molecular weight is 402 g/mol. The number of alkyl halides is 3. The molecular formula is C21H21F3N4O. The lowest BCUT2D eigenvalue weighted by molar-refractivity contribution is -0.137. The number of H-pyrrole nitrogens is 1. The number of benzene rings is 2. The maximum absolute atomic E-state index is 12.6. The number of nitrogens with one attached hydrogen (secondary N) is 3. The molecule has 0 spiro atoms. The summed E-state index contributed by atoms with van der Waals surface area (Å²) in [5.74, 6) is 1.16. The zero-order chi connectivity index (χ0) is 20.4. The monoisotopic (exact) mass is 402 g/mol. The van der Waals surface area contributed by atoms with Gasteiger partial charge in [0.25, 0.3) is 0 Å². The number of nitrogens with zero attached hydrogens (tertiary/aromatic N) is 1. The number of hydrogen-bond donors (Lipinski definition) is 3. The van der Waals surface area contributed by atoms with Crippen LogP contribution >= 0.6 is 0 Å². The molecule has 1 heterocycles. The Kier molecular flexibility index (Phi) is 5.17. The number of anilines is 1. The number of halogens is 3. The van der Waals surface area contributed by atoms with Gasteiger partial charge in [-0.05, 0) is 55.7 Å². The molecule has 0 aliphatic heterocycles. The van der Waals surface area contributed by atoms with Gasteiger partial charge < -0.3 is 15.6 Å². The average Bonchev–Trinajstić information content (AvgIpc) is 3.12. The molecule has 8 heteroatoms. The van der Waals surface area contributed by atoms with E-state index in [4.69, 9.17) is 0 Å². The van der Waals surface area contributed by atoms with E-state index in [2.05, 4.69) is 20.6 Å². The zero-order valence-electron chi connectivity index (χ0n) is 15.6. The molecule has 0 radical (unpaired) electrons. The van der Waals surface area contributed by atoms with E-state index in [0.29, 0.717) is 5.69 Å². The van der Waals surface area contributed by atoms with E-state index < -0.39 is 17.8 Å². The van der Waals surface area contributed by atoms with Crippen molar-refractivity contribution >= 4 is 22.8 Å². The zero-order valence-corrected chi connectivity index (χ0v) is 15.6. The number of fused-ring (bicyclic) bond motifs is 1. The molecule has 0 saturated heterocycles. The molecule has 5 nitrogen and oxygen atoms in total. The van der Waals surface area contributed by atoms with Crippen LogP contribution in [0.5, 0.6) is 0 Å². The summed E-state index contributed by atoms with van der Waals surface area (Å²) in [6, 6.07) is 11.8. The highest BCUT2D eigenvalue weighted by Gasteiger charge is 2.30. The Bertz CT molecular complexity index is 964. The fourth-order valence-corrected chi connectivity index (χ4v) is 3.83. The van der Waals surface area contributed by atoms with E-state index in [0.717, 1.165) is 54.7 Å². The van der Waals surface area contributed by atoms with Crippen LogP contribution in [-0.4, -0.2) is 22.0 Å². The molecule has 2 amide bonds. The predicted molar refractivity (Wildman–Crippen MR) is 105 cm³/mol. The summed E-state index contributed by atoms with van der Waals surface area (Å²) >= 11 is 0. The summed E-state index contributed by atoms with van der Waals surface area (Å²) < 4.78 is 37.9. The van der Waals surface area contributed by atoms with Crippen molar-refractivity contribution < 1.29 is 18.0 Å². The van der Waals surface area contributed by atoms with Gasteiger partial charge in [-0.1, -0.05) is 18.6 Å². The van der Waals surface area contributed by atoms with Crippen molar-refractivity contribution in [3.05, 3.63) is 59.9 Å². The predicted octanol–water partition coefficient (Wildman–Crippen LogP) is 5.43. The normalized spacial score (nSPS) is 19.8. The van der Waals surface area contributed by atoms with Gasteiger partial charge in [0.05, 0.1) is 16.6 Å². The van der Waals surface area contributed by atoms with Gasteiger partial charge in [-0.25, -0.2) is 9.78 Å². The van der Waals surface area contributed by atoms with E-state index in [-0.39, 0.29) is 12.0 Å². The Balaban J connectivity index is 1.35. The molecule has 1 saturated carbocycles. The maximum Gasteiger partial charge on any atom is 0.416 e. The molecule has 0 unspecified atom stereocenters. The minimum atomic E-state index is -4.39. The van der Waals surface area contributed by atoms with Crippen LogP contribution in [0.4, 0.5) is 23.7 Å². The van der Waals surface area contributed by atoms with E-state index in [1.54, 1.807) is 0 Å². The first-order chi connectivity index (χ1) is 13.9. The highest BCUT2D eigenvalue weighted by atomic mass is 19.4. The van der Waals surface area contributed by atoms with Crippen LogP contribution in [0.1, 0.15) is 43.0 Å². The minimum Gasteiger partial charge on any atom is -0.342 e. The van der Waals surface area contributed by atoms with Crippen LogP contribution in [0.3, 0.4) is 0 Å². The number of carbonyl (C=O) groups is 1. The number of rotatable bonds is 3. The maximum atomic E-state index is 12.6. The van der Waals surface area contributed by atoms with Gasteiger partial charge in [0.2, 0.25) is 0 Å². The summed E-state index contributed by atoms with van der Waals surface area (Å²) in [6.45, 7) is 0. The van der Waals surface area contributed by atoms with E-state index in [1.165, 1.54) is 12.1 Å². The van der Waals surface area contributed by atoms with Crippen molar-refractivity contribution in [2.75, 3.05) is 5.32 Å². The lowest BCUT2D eigenvalue weighted by Gasteiger charge is -2.28. The summed E-state index contributed by atoms with van der Waals surface area (Å²) in [4.78, 5) is 20.3. The van der Waals surface area contributed by atoms with Crippen LogP contribution in [0.25, 0.3) is 11.0 Å². The van der Waals surface area contributed by atoms with Gasteiger partial charge >= 0.3 is 12.2 Å². The van der Waals surface area contributed by atoms with Crippen molar-refractivity contribution in [2.24, 2.45) is 0 Å². The van der Waals surface area contributed by atoms with Crippen molar-refractivity contribution in [3.63, 3.8) is 0 Å². The van der Waals surface area contributed by atoms with E-state index in [9.17, 15) is 18.0 Å². The molecule has 3 N–H and O–H groups in total. The molecule has 3 aromatic rings. The van der Waals surface area contributed by atoms with Gasteiger partial charge in [-0.3, -0.25) is 0 Å². The molecule has 2 aromatic carbocycles. The highest BCUT2D eigenvalue weighted by molar-refractivity contribution is 5.89. The molecule has 29 heavy (non-hydrogen) atoms. The largest absolute Gasteiger partial charge is 0.416 e. The van der Waals surface area contributed by atoms with E-state index in [1.807, 2.05) is 24.3 Å². The summed E-state index contributed by atoms with van der Waals surface area (Å²) in [5.41, 5.74) is 1.50. The van der Waals surface area contributed by atoms with Gasteiger partial charge in [-0.2, -0.15) is 13.2 Å². The molecule has 1 aliphatic rings. The summed E-state index contributed by atoms with van der Waals surface area (Å²) in [6.07, 6.45) is -0.808. The lowest BCUT2D eigenvalue weighted by Crippen LogP contribution is -2.40. The number of amides is 2. The van der Waals surface area contributed by atoms with Gasteiger partial charge in [0, 0.05) is 17.6 Å². The van der Waals surface area contributed by atoms with E-state index >= 15 is 0 Å². The number of carbonyl (C=O) groups excluding carboxylic acids is 1. The Morgan fingerprint density at radius 3 is 2.55 bits per heavy atom. The van der Waals surface area contributed by atoms with Crippen molar-refractivity contribution in [2.45, 2.75) is 43.8 Å². The standard InChI is InChI=1S/C21H21F3N4O/c22-21(23,24)14-8-10-15(11-9-14)25-20(29)26-16-5-3-4-13(12-16)19-27-17-6-1-2-7-18(17)28-19/h1-2,6-11,13,16H,3-5,12H2,(H,27,28)(H2,25,26,29)/t13-,16+/m0/s1. The number of aromatic amines is 1. The fraction of sp³-hybridized carbons (Fsp3) is 0.333. The number of urea groups is 1. The van der Waals surface area contributed by atoms with Crippen molar-refractivity contribution in [3.8, 4) is 0 Å². The molecule has 1 fully saturated rings. The Morgan fingerprint density at radius 1 is 1.07 bits per heavy atom. The van der Waals surface area contributed by atoms with Crippen LogP contribution in [0.15, 0.2) is 48.5 Å². The summed E-state index contributed by atoms with van der Waals surface area (Å²) in [7, 11) is 0. The number of hydrogen-bond acceptors (Lipinski definition) is 2. The van der Waals surface area contributed by atoms with Crippen LogP contribution in [0, 0.1) is 0 Å². The Morgan fingerprint density at radius 2 is 1.83 bits per heavy atom. The van der Waals surface area contributed by atoms with Gasteiger partial charge in [-0.15, -0.1) is 0 Å². The molecule has 152 valence electrons. The first kappa shape index (κ1) is 19.3. The minimum absolute atomic E-state index is 0.0172. The number of para-hydroxylation sites is 2. The van der Waals surface area contributed by atoms with Crippen LogP contribution in [0.2, 0.25) is 0 Å². The second kappa shape index (κ2) is 7.77. The third-order valence-electron chi connectivity index (χ3n) is 5.27. The molecule has 1 aliphatic carbocycles. The molecule has 2 atom stereocenters. The van der Waals surface area contributed by atoms with Crippen LogP contribution in [-0.2, 0) is 6.18 Å². The fourth-order valence-electron chi connectivity index (χ4n) is 3.83. The second-order valence-electron chi connectivity index (χ2n) is 7.37. The smallest absolute Gasteiger partial charge is 0.342 e. The Hall–Kier alpha value is -3.03. The van der Waals surface area contributed by atoms with Gasteiger partial charge in [0.1, 0.15) is 5.82 Å². The third-order valence-corrected chi connectivity index (χ3v) is 5.27. The van der Waals surface area contributed by atoms with Crippen molar-refractivity contribution in [1.82, 2.24) is 15.3 Å². The quantitative estimate of drug-likeness (QED) is 0.547. The molecule has 4 rings (SSSR count). The molecule has 1 aromatic heterocycles. The van der Waals surface area contributed by atoms with Crippen molar-refractivity contribution in [1.29, 1.82) is 0 Å². The topological polar surface area (TPSA) is 69.8 Å². The lowest BCUT2D eigenvalue weighted by atomic mass is 9.85. The van der Waals surface area contributed by atoms with Crippen LogP contribution < -0.4 is 10.6 Å². The number of aromatic nitrogens is 2. The third kappa shape index (κ3) is 4.52. The first-order valence-corrected chi connectivity index (χ1v) is 9.58. The Labute approximate surface area is 165 Å². The molecular weight excluding hydrogens is 381 g/mol. The SMILES string of the molecule is O=C(Nc1ccc(C(F)(F)F)cc1)N[C@@H]1CCC[C@H](c2nc3ccccc3[nH]2)C1. The first-order valence-electron chi connectivity index (χ1n) is 9.58. The second-order valence-corrected chi connectivity index (χ2v) is 7.37. The molecule has 0 bridgehead atoms. The summed E-state index contributed by atoms with van der Waals surface area (Å²) in [5, 5.41) is 5.53.